The van der Waals surface area contributed by atoms with Crippen LogP contribution in [0, 0.1) is 23.3 Å². The first-order valence-electron chi connectivity index (χ1n) is 5.64. The summed E-state index contributed by atoms with van der Waals surface area (Å²) in [6.45, 7) is 1.66. The Morgan fingerprint density at radius 2 is 1.68 bits per heavy atom. The fourth-order valence-corrected chi connectivity index (χ4v) is 1.73. The van der Waals surface area contributed by atoms with Crippen molar-refractivity contribution < 1.29 is 17.6 Å². The molecule has 0 fully saturated rings. The van der Waals surface area contributed by atoms with Crippen LogP contribution >= 0.6 is 0 Å². The molecule has 1 atom stereocenters. The van der Waals surface area contributed by atoms with Crippen molar-refractivity contribution in [3.8, 4) is 0 Å². The number of nitrogens with one attached hydrogen (secondary N) is 1. The fourth-order valence-electron chi connectivity index (χ4n) is 1.73. The van der Waals surface area contributed by atoms with Crippen molar-refractivity contribution in [2.75, 3.05) is 5.32 Å². The van der Waals surface area contributed by atoms with E-state index in [-0.39, 0.29) is 5.69 Å². The molecule has 0 spiro atoms. The van der Waals surface area contributed by atoms with Gasteiger partial charge in [0.15, 0.2) is 17.5 Å². The summed E-state index contributed by atoms with van der Waals surface area (Å²) in [6, 6.07) is 7.23. The van der Waals surface area contributed by atoms with Gasteiger partial charge >= 0.3 is 0 Å². The third-order valence-corrected chi connectivity index (χ3v) is 2.76. The van der Waals surface area contributed by atoms with Crippen LogP contribution in [0.15, 0.2) is 36.4 Å². The van der Waals surface area contributed by atoms with E-state index >= 15 is 0 Å². The number of hydrogen-bond acceptors (Lipinski definition) is 1. The SMILES string of the molecule is CC(Nc1ccc(F)c(F)c1F)c1cccc(F)c1. The minimum absolute atomic E-state index is 0.171. The van der Waals surface area contributed by atoms with E-state index < -0.39 is 29.3 Å². The highest BCUT2D eigenvalue weighted by atomic mass is 19.2. The third kappa shape index (κ3) is 2.86. The van der Waals surface area contributed by atoms with Crippen LogP contribution in [0.1, 0.15) is 18.5 Å². The molecule has 100 valence electrons. The smallest absolute Gasteiger partial charge is 0.196 e. The zero-order chi connectivity index (χ0) is 14.0. The first-order chi connectivity index (χ1) is 8.99. The third-order valence-electron chi connectivity index (χ3n) is 2.76. The van der Waals surface area contributed by atoms with Crippen molar-refractivity contribution in [3.63, 3.8) is 0 Å². The standard InChI is InChI=1S/C14H11F4N/c1-8(9-3-2-4-10(15)7-9)19-12-6-5-11(16)13(17)14(12)18/h2-8,19H,1H3. The van der Waals surface area contributed by atoms with E-state index in [4.69, 9.17) is 0 Å². The van der Waals surface area contributed by atoms with E-state index in [1.807, 2.05) is 0 Å². The van der Waals surface area contributed by atoms with Gasteiger partial charge in [0.05, 0.1) is 5.69 Å². The molecule has 0 radical (unpaired) electrons. The van der Waals surface area contributed by atoms with Gasteiger partial charge in [0, 0.05) is 6.04 Å². The Morgan fingerprint density at radius 1 is 0.947 bits per heavy atom. The zero-order valence-corrected chi connectivity index (χ0v) is 10.1. The van der Waals surface area contributed by atoms with Crippen LogP contribution in [0.2, 0.25) is 0 Å². The van der Waals surface area contributed by atoms with Crippen LogP contribution in [0.3, 0.4) is 0 Å². The van der Waals surface area contributed by atoms with E-state index in [2.05, 4.69) is 5.32 Å². The van der Waals surface area contributed by atoms with Gasteiger partial charge < -0.3 is 5.32 Å². The van der Waals surface area contributed by atoms with Crippen molar-refractivity contribution in [1.29, 1.82) is 0 Å². The van der Waals surface area contributed by atoms with Gasteiger partial charge in [-0.15, -0.1) is 0 Å². The van der Waals surface area contributed by atoms with Crippen LogP contribution in [0.5, 0.6) is 0 Å². The van der Waals surface area contributed by atoms with Gasteiger partial charge in [-0.25, -0.2) is 17.6 Å². The summed E-state index contributed by atoms with van der Waals surface area (Å²) >= 11 is 0. The molecule has 2 aromatic rings. The number of anilines is 1. The van der Waals surface area contributed by atoms with Gasteiger partial charge in [-0.05, 0) is 36.8 Å². The maximum absolute atomic E-state index is 13.5. The van der Waals surface area contributed by atoms with Gasteiger partial charge in [-0.3, -0.25) is 0 Å². The van der Waals surface area contributed by atoms with Crippen LogP contribution in [-0.2, 0) is 0 Å². The molecule has 1 N–H and O–H groups in total. The molecule has 0 saturated heterocycles. The Balaban J connectivity index is 2.24. The van der Waals surface area contributed by atoms with Crippen molar-refractivity contribution >= 4 is 5.69 Å². The largest absolute Gasteiger partial charge is 0.376 e. The first kappa shape index (κ1) is 13.4. The number of rotatable bonds is 3. The predicted molar refractivity (Wildman–Crippen MR) is 64.8 cm³/mol. The fraction of sp³-hybridized carbons (Fsp3) is 0.143. The number of benzene rings is 2. The summed E-state index contributed by atoms with van der Waals surface area (Å²) in [5, 5.41) is 2.67. The lowest BCUT2D eigenvalue weighted by atomic mass is 10.1. The Hall–Kier alpha value is -2.04. The molecule has 0 aliphatic carbocycles. The average molecular weight is 269 g/mol. The summed E-state index contributed by atoms with van der Waals surface area (Å²) in [5.41, 5.74) is 0.403. The Morgan fingerprint density at radius 3 is 2.37 bits per heavy atom. The Labute approximate surface area is 107 Å². The molecule has 19 heavy (non-hydrogen) atoms. The molecular weight excluding hydrogens is 258 g/mol. The lowest BCUT2D eigenvalue weighted by molar-refractivity contribution is 0.448. The van der Waals surface area contributed by atoms with Crippen molar-refractivity contribution in [3.05, 3.63) is 65.2 Å². The molecule has 2 rings (SSSR count). The molecule has 0 aliphatic heterocycles. The highest BCUT2D eigenvalue weighted by molar-refractivity contribution is 5.47. The van der Waals surface area contributed by atoms with Crippen molar-refractivity contribution in [1.82, 2.24) is 0 Å². The molecular formula is C14H11F4N. The molecule has 1 nitrogen and oxygen atoms in total. The quantitative estimate of drug-likeness (QED) is 0.642. The topological polar surface area (TPSA) is 12.0 Å². The lowest BCUT2D eigenvalue weighted by Gasteiger charge is -2.16. The highest BCUT2D eigenvalue weighted by Gasteiger charge is 2.15. The van der Waals surface area contributed by atoms with Crippen LogP contribution in [0.4, 0.5) is 23.2 Å². The molecule has 2 aromatic carbocycles. The van der Waals surface area contributed by atoms with Crippen LogP contribution in [0.25, 0.3) is 0 Å². The minimum atomic E-state index is -1.53. The molecule has 1 unspecified atom stereocenters. The molecule has 0 saturated carbocycles. The number of halogens is 4. The summed E-state index contributed by atoms with van der Waals surface area (Å²) in [4.78, 5) is 0. The zero-order valence-electron chi connectivity index (χ0n) is 10.1. The molecule has 0 aromatic heterocycles. The minimum Gasteiger partial charge on any atom is -0.376 e. The second-order valence-electron chi connectivity index (χ2n) is 4.14. The maximum Gasteiger partial charge on any atom is 0.196 e. The second kappa shape index (κ2) is 5.30. The molecule has 5 heteroatoms. The van der Waals surface area contributed by atoms with E-state index in [9.17, 15) is 17.6 Å². The van der Waals surface area contributed by atoms with E-state index in [1.54, 1.807) is 13.0 Å². The monoisotopic (exact) mass is 269 g/mol. The van der Waals surface area contributed by atoms with E-state index in [0.29, 0.717) is 5.56 Å². The highest BCUT2D eigenvalue weighted by Crippen LogP contribution is 2.24. The molecule has 0 aliphatic rings. The normalized spacial score (nSPS) is 12.3. The van der Waals surface area contributed by atoms with Gasteiger partial charge in [0.25, 0.3) is 0 Å². The summed E-state index contributed by atoms with van der Waals surface area (Å²) < 4.78 is 52.4. The predicted octanol–water partition coefficient (Wildman–Crippen LogP) is 4.42. The van der Waals surface area contributed by atoms with E-state index in [1.165, 1.54) is 18.2 Å². The summed E-state index contributed by atoms with van der Waals surface area (Å²) in [6.07, 6.45) is 0. The van der Waals surface area contributed by atoms with Crippen LogP contribution in [-0.4, -0.2) is 0 Å². The van der Waals surface area contributed by atoms with Crippen LogP contribution < -0.4 is 5.32 Å². The van der Waals surface area contributed by atoms with E-state index in [0.717, 1.165) is 12.1 Å². The van der Waals surface area contributed by atoms with Gasteiger partial charge in [-0.1, -0.05) is 12.1 Å². The Kier molecular flexibility index (Phi) is 3.74. The van der Waals surface area contributed by atoms with Gasteiger partial charge in [-0.2, -0.15) is 0 Å². The molecule has 0 heterocycles. The maximum atomic E-state index is 13.5. The lowest BCUT2D eigenvalue weighted by Crippen LogP contribution is -2.09. The summed E-state index contributed by atoms with van der Waals surface area (Å²) in [7, 11) is 0. The summed E-state index contributed by atoms with van der Waals surface area (Å²) in [5.74, 6) is -4.49. The van der Waals surface area contributed by atoms with Crippen molar-refractivity contribution in [2.45, 2.75) is 13.0 Å². The van der Waals surface area contributed by atoms with Gasteiger partial charge in [0.1, 0.15) is 5.82 Å². The van der Waals surface area contributed by atoms with Gasteiger partial charge in [0.2, 0.25) is 0 Å². The average Bonchev–Trinajstić information content (AvgIpc) is 2.39. The Bertz CT molecular complexity index is 598. The second-order valence-corrected chi connectivity index (χ2v) is 4.14. The van der Waals surface area contributed by atoms with Crippen molar-refractivity contribution in [2.24, 2.45) is 0 Å². The first-order valence-corrected chi connectivity index (χ1v) is 5.64. The molecule has 0 amide bonds. The number of hydrogen-bond donors (Lipinski definition) is 1. The molecule has 0 bridgehead atoms.